The molecule has 1 aliphatic heterocycles. The van der Waals surface area contributed by atoms with Crippen LogP contribution in [-0.4, -0.2) is 32.9 Å². The predicted molar refractivity (Wildman–Crippen MR) is 79.2 cm³/mol. The molecule has 0 radical (unpaired) electrons. The lowest BCUT2D eigenvalue weighted by Gasteiger charge is -2.04. The Morgan fingerprint density at radius 3 is 2.95 bits per heavy atom. The molecule has 3 heterocycles. The fraction of sp³-hybridized carbons (Fsp3) is 0.312. The van der Waals surface area contributed by atoms with Gasteiger partial charge in [-0.15, -0.1) is 0 Å². The average Bonchev–Trinajstić information content (AvgIpc) is 3.30. The van der Waals surface area contributed by atoms with E-state index in [4.69, 9.17) is 9.26 Å². The molecule has 1 aromatic carbocycles. The number of imidazole rings is 1. The topological polar surface area (TPSA) is 66.0 Å². The van der Waals surface area contributed by atoms with Crippen LogP contribution in [0.15, 0.2) is 47.2 Å². The largest absolute Gasteiger partial charge is 0.381 e. The van der Waals surface area contributed by atoms with E-state index in [-0.39, 0.29) is 5.92 Å². The van der Waals surface area contributed by atoms with Crippen molar-refractivity contribution in [2.45, 2.75) is 18.9 Å². The minimum atomic E-state index is 0.258. The van der Waals surface area contributed by atoms with E-state index in [1.165, 1.54) is 0 Å². The van der Waals surface area contributed by atoms with Crippen LogP contribution in [0.5, 0.6) is 0 Å². The summed E-state index contributed by atoms with van der Waals surface area (Å²) in [6.45, 7) is 1.97. The quantitative estimate of drug-likeness (QED) is 0.740. The first-order chi connectivity index (χ1) is 10.9. The van der Waals surface area contributed by atoms with Crippen LogP contribution >= 0.6 is 0 Å². The molecule has 2 aromatic heterocycles. The summed E-state index contributed by atoms with van der Waals surface area (Å²) < 4.78 is 12.8. The molecule has 0 unspecified atom stereocenters. The van der Waals surface area contributed by atoms with E-state index in [0.717, 1.165) is 30.2 Å². The van der Waals surface area contributed by atoms with E-state index in [0.29, 0.717) is 19.0 Å². The van der Waals surface area contributed by atoms with Gasteiger partial charge in [0.15, 0.2) is 5.82 Å². The van der Waals surface area contributed by atoms with Crippen LogP contribution in [0.1, 0.15) is 24.1 Å². The molecule has 0 amide bonds. The summed E-state index contributed by atoms with van der Waals surface area (Å²) in [5, 5.41) is 4.08. The summed E-state index contributed by atoms with van der Waals surface area (Å²) in [5.74, 6) is 2.49. The molecular weight excluding hydrogens is 280 g/mol. The standard InChI is InChI=1S/C16H16N4O2/c1-2-4-12(5-3-1)16-17-7-8-20(16)10-14-18-15(19-22-14)13-6-9-21-11-13/h1-5,7-8,13H,6,9-11H2/t13-/m1/s1. The highest BCUT2D eigenvalue weighted by Gasteiger charge is 2.23. The maximum Gasteiger partial charge on any atom is 0.246 e. The van der Waals surface area contributed by atoms with E-state index in [1.807, 2.05) is 41.1 Å². The van der Waals surface area contributed by atoms with Crippen LogP contribution in [0.4, 0.5) is 0 Å². The monoisotopic (exact) mass is 296 g/mol. The highest BCUT2D eigenvalue weighted by atomic mass is 16.5. The van der Waals surface area contributed by atoms with Gasteiger partial charge >= 0.3 is 0 Å². The molecule has 112 valence electrons. The fourth-order valence-corrected chi connectivity index (χ4v) is 2.67. The summed E-state index contributed by atoms with van der Waals surface area (Å²) in [6.07, 6.45) is 4.66. The van der Waals surface area contributed by atoms with Crippen LogP contribution in [0.3, 0.4) is 0 Å². The smallest absolute Gasteiger partial charge is 0.246 e. The Kier molecular flexibility index (Phi) is 3.44. The molecular formula is C16H16N4O2. The van der Waals surface area contributed by atoms with Crippen molar-refractivity contribution in [3.05, 3.63) is 54.4 Å². The third-order valence-electron chi connectivity index (χ3n) is 3.83. The van der Waals surface area contributed by atoms with Gasteiger partial charge in [0.2, 0.25) is 5.89 Å². The molecule has 4 rings (SSSR count). The Morgan fingerprint density at radius 1 is 1.23 bits per heavy atom. The van der Waals surface area contributed by atoms with E-state index < -0.39 is 0 Å². The third-order valence-corrected chi connectivity index (χ3v) is 3.83. The van der Waals surface area contributed by atoms with Crippen molar-refractivity contribution in [1.82, 2.24) is 19.7 Å². The number of hydrogen-bond acceptors (Lipinski definition) is 5. The van der Waals surface area contributed by atoms with Crippen molar-refractivity contribution in [1.29, 1.82) is 0 Å². The minimum absolute atomic E-state index is 0.258. The van der Waals surface area contributed by atoms with Crippen LogP contribution < -0.4 is 0 Å². The minimum Gasteiger partial charge on any atom is -0.381 e. The number of rotatable bonds is 4. The van der Waals surface area contributed by atoms with Gasteiger partial charge in [-0.2, -0.15) is 4.98 Å². The lowest BCUT2D eigenvalue weighted by atomic mass is 10.1. The zero-order valence-corrected chi connectivity index (χ0v) is 12.1. The summed E-state index contributed by atoms with van der Waals surface area (Å²) in [7, 11) is 0. The molecule has 1 atom stereocenters. The first-order valence-corrected chi connectivity index (χ1v) is 7.37. The van der Waals surface area contributed by atoms with Gasteiger partial charge < -0.3 is 13.8 Å². The fourth-order valence-electron chi connectivity index (χ4n) is 2.67. The third kappa shape index (κ3) is 2.53. The summed E-state index contributed by atoms with van der Waals surface area (Å²) in [5.41, 5.74) is 1.07. The first kappa shape index (κ1) is 13.2. The first-order valence-electron chi connectivity index (χ1n) is 7.37. The summed E-state index contributed by atoms with van der Waals surface area (Å²) >= 11 is 0. The van der Waals surface area contributed by atoms with Gasteiger partial charge in [0.1, 0.15) is 12.4 Å². The number of nitrogens with zero attached hydrogens (tertiary/aromatic N) is 4. The second kappa shape index (κ2) is 5.73. The number of hydrogen-bond donors (Lipinski definition) is 0. The second-order valence-electron chi connectivity index (χ2n) is 5.35. The van der Waals surface area contributed by atoms with Gasteiger partial charge in [-0.3, -0.25) is 0 Å². The molecule has 22 heavy (non-hydrogen) atoms. The maximum absolute atomic E-state index is 5.38. The van der Waals surface area contributed by atoms with Crippen molar-refractivity contribution >= 4 is 0 Å². The van der Waals surface area contributed by atoms with Crippen molar-refractivity contribution in [3.8, 4) is 11.4 Å². The molecule has 1 saturated heterocycles. The highest BCUT2D eigenvalue weighted by Crippen LogP contribution is 2.23. The van der Waals surface area contributed by atoms with Gasteiger partial charge in [-0.05, 0) is 6.42 Å². The van der Waals surface area contributed by atoms with E-state index in [1.54, 1.807) is 6.20 Å². The number of ether oxygens (including phenoxy) is 1. The summed E-state index contributed by atoms with van der Waals surface area (Å²) in [4.78, 5) is 8.92. The Labute approximate surface area is 127 Å². The Bertz CT molecular complexity index is 744. The SMILES string of the molecule is c1ccc(-c2nccn2Cc2nc([C@@H]3CCOC3)no2)cc1. The molecule has 3 aromatic rings. The lowest BCUT2D eigenvalue weighted by Crippen LogP contribution is -2.03. The van der Waals surface area contributed by atoms with Crippen LogP contribution in [0, 0.1) is 0 Å². The van der Waals surface area contributed by atoms with Crippen molar-refractivity contribution in [3.63, 3.8) is 0 Å². The molecule has 6 heteroatoms. The molecule has 0 spiro atoms. The molecule has 6 nitrogen and oxygen atoms in total. The second-order valence-corrected chi connectivity index (χ2v) is 5.35. The Balaban J connectivity index is 1.56. The lowest BCUT2D eigenvalue weighted by molar-refractivity contribution is 0.192. The van der Waals surface area contributed by atoms with Gasteiger partial charge in [0.25, 0.3) is 0 Å². The molecule has 0 aliphatic carbocycles. The van der Waals surface area contributed by atoms with Crippen LogP contribution in [0.25, 0.3) is 11.4 Å². The molecule has 1 aliphatic rings. The Hall–Kier alpha value is -2.47. The number of aromatic nitrogens is 4. The Morgan fingerprint density at radius 2 is 2.14 bits per heavy atom. The van der Waals surface area contributed by atoms with Gasteiger partial charge in [-0.25, -0.2) is 4.98 Å². The maximum atomic E-state index is 5.38. The normalized spacial score (nSPS) is 17.9. The van der Waals surface area contributed by atoms with Gasteiger partial charge in [0.05, 0.1) is 6.61 Å². The highest BCUT2D eigenvalue weighted by molar-refractivity contribution is 5.55. The molecule has 0 N–H and O–H groups in total. The van der Waals surface area contributed by atoms with Crippen LogP contribution in [-0.2, 0) is 11.3 Å². The van der Waals surface area contributed by atoms with Gasteiger partial charge in [-0.1, -0.05) is 35.5 Å². The zero-order chi connectivity index (χ0) is 14.8. The molecule has 0 bridgehead atoms. The van der Waals surface area contributed by atoms with Crippen molar-refractivity contribution < 1.29 is 9.26 Å². The van der Waals surface area contributed by atoms with Crippen LogP contribution in [0.2, 0.25) is 0 Å². The van der Waals surface area contributed by atoms with E-state index >= 15 is 0 Å². The molecule has 0 saturated carbocycles. The van der Waals surface area contributed by atoms with E-state index in [9.17, 15) is 0 Å². The summed E-state index contributed by atoms with van der Waals surface area (Å²) in [6, 6.07) is 10.1. The van der Waals surface area contributed by atoms with Crippen molar-refractivity contribution in [2.24, 2.45) is 0 Å². The predicted octanol–water partition coefficient (Wildman–Crippen LogP) is 2.49. The van der Waals surface area contributed by atoms with Crippen molar-refractivity contribution in [2.75, 3.05) is 13.2 Å². The van der Waals surface area contributed by atoms with Gasteiger partial charge in [0, 0.05) is 30.5 Å². The average molecular weight is 296 g/mol. The molecule has 1 fully saturated rings. The van der Waals surface area contributed by atoms with E-state index in [2.05, 4.69) is 15.1 Å². The zero-order valence-electron chi connectivity index (χ0n) is 12.1. The number of benzene rings is 1.